The fraction of sp³-hybridized carbons (Fsp3) is 1.00. The van der Waals surface area contributed by atoms with Gasteiger partial charge in [-0.3, -0.25) is 0 Å². The number of unbranched alkanes of at least 4 members (excludes halogenated alkanes) is 24. The van der Waals surface area contributed by atoms with Crippen LogP contribution in [0.25, 0.3) is 0 Å². The van der Waals surface area contributed by atoms with Gasteiger partial charge in [0.15, 0.2) is 0 Å². The summed E-state index contributed by atoms with van der Waals surface area (Å²) in [5.41, 5.74) is 0. The second-order valence-corrected chi connectivity index (χ2v) is 27.1. The molecule has 0 saturated carbocycles. The first kappa shape index (κ1) is 47.2. The van der Waals surface area contributed by atoms with Crippen molar-refractivity contribution in [1.82, 2.24) is 0 Å². The minimum atomic E-state index is -0.675. The van der Waals surface area contributed by atoms with E-state index in [1.54, 1.807) is 70.0 Å². The van der Waals surface area contributed by atoms with E-state index in [1.165, 1.54) is 154 Å². The standard InChI is InChI=1S/2C21H45Ge/c2*1-4-7-10-13-16-19-22(20-17-14-11-8-5-2)21-18-15-12-9-6-3/h2*4-21H2,1-3H3. The molecule has 2 heteroatoms. The molecule has 0 aromatic rings. The number of hydrogen-bond acceptors (Lipinski definition) is 0. The van der Waals surface area contributed by atoms with Crippen LogP contribution in [-0.4, -0.2) is 28.7 Å². The molecule has 0 aromatic heterocycles. The van der Waals surface area contributed by atoms with Gasteiger partial charge < -0.3 is 0 Å². The van der Waals surface area contributed by atoms with Crippen LogP contribution in [0.1, 0.15) is 234 Å². The van der Waals surface area contributed by atoms with Crippen molar-refractivity contribution in [3.05, 3.63) is 0 Å². The van der Waals surface area contributed by atoms with Gasteiger partial charge in [0.05, 0.1) is 0 Å². The van der Waals surface area contributed by atoms with E-state index in [2.05, 4.69) is 41.5 Å². The molecule has 44 heavy (non-hydrogen) atoms. The van der Waals surface area contributed by atoms with Crippen LogP contribution < -0.4 is 0 Å². The van der Waals surface area contributed by atoms with Crippen LogP contribution in [0.4, 0.5) is 0 Å². The second-order valence-electron chi connectivity index (χ2n) is 14.5. The number of rotatable bonds is 36. The molecule has 2 radical (unpaired) electrons. The Morgan fingerprint density at radius 2 is 0.318 bits per heavy atom. The third kappa shape index (κ3) is 41.1. The maximum absolute atomic E-state index is 2.33. The average molecular weight is 740 g/mol. The fourth-order valence-electron chi connectivity index (χ4n) is 6.62. The summed E-state index contributed by atoms with van der Waals surface area (Å²) in [6.45, 7) is 14.0. The molecule has 0 rings (SSSR count). The van der Waals surface area contributed by atoms with E-state index in [0.717, 1.165) is 0 Å². The van der Waals surface area contributed by atoms with Crippen LogP contribution >= 0.6 is 0 Å². The van der Waals surface area contributed by atoms with Crippen molar-refractivity contribution in [2.24, 2.45) is 0 Å². The molecule has 0 bridgehead atoms. The first-order valence-electron chi connectivity index (χ1n) is 21.4. The van der Waals surface area contributed by atoms with Gasteiger partial charge in [-0.25, -0.2) is 0 Å². The van der Waals surface area contributed by atoms with Crippen molar-refractivity contribution in [2.45, 2.75) is 266 Å². The molecule has 0 aliphatic rings. The van der Waals surface area contributed by atoms with Crippen molar-refractivity contribution in [3.63, 3.8) is 0 Å². The quantitative estimate of drug-likeness (QED) is 0.0443. The monoisotopic (exact) mass is 743 g/mol. The molecular weight excluding hydrogens is 650 g/mol. The summed E-state index contributed by atoms with van der Waals surface area (Å²) in [6.07, 6.45) is 44.6. The summed E-state index contributed by atoms with van der Waals surface area (Å²) in [7, 11) is 0. The van der Waals surface area contributed by atoms with E-state index in [9.17, 15) is 0 Å². The van der Waals surface area contributed by atoms with Crippen LogP contribution in [0.2, 0.25) is 31.5 Å². The molecule has 0 aromatic carbocycles. The molecule has 266 valence electrons. The Hall–Kier alpha value is 1.09. The topological polar surface area (TPSA) is 0 Å². The summed E-state index contributed by atoms with van der Waals surface area (Å²) >= 11 is -1.35. The summed E-state index contributed by atoms with van der Waals surface area (Å²) in [4.78, 5) is 0. The van der Waals surface area contributed by atoms with Crippen molar-refractivity contribution < 1.29 is 0 Å². The molecule has 0 atom stereocenters. The molecule has 0 fully saturated rings. The van der Waals surface area contributed by atoms with Gasteiger partial charge in [-0.05, 0) is 0 Å². The molecule has 0 heterocycles. The van der Waals surface area contributed by atoms with E-state index in [-0.39, 0.29) is 0 Å². The molecule has 0 unspecified atom stereocenters. The molecule has 0 aliphatic carbocycles. The Balaban J connectivity index is 0. The summed E-state index contributed by atoms with van der Waals surface area (Å²) in [5, 5.41) is 10.1. The maximum atomic E-state index is 2.33. The van der Waals surface area contributed by atoms with Crippen LogP contribution in [0, 0.1) is 0 Å². The molecule has 0 nitrogen and oxygen atoms in total. The van der Waals surface area contributed by atoms with Gasteiger partial charge >= 0.3 is 294 Å². The molecule has 0 amide bonds. The van der Waals surface area contributed by atoms with Gasteiger partial charge in [0.1, 0.15) is 0 Å². The SMILES string of the molecule is CCCCCC[CH2][Ge]([CH2]CCCCCC)[CH2]CCCCCC.CCCCCC[CH2][Ge]([CH2]CCCCCC)[CH2]CCCCCC. The second kappa shape index (κ2) is 44.1. The fourth-order valence-corrected chi connectivity index (χ4v) is 19.2. The van der Waals surface area contributed by atoms with E-state index < -0.39 is 28.7 Å². The van der Waals surface area contributed by atoms with Crippen LogP contribution in [0.3, 0.4) is 0 Å². The minimum absolute atomic E-state index is 0.675. The van der Waals surface area contributed by atoms with Gasteiger partial charge in [0.2, 0.25) is 0 Å². The zero-order chi connectivity index (χ0) is 32.6. The predicted octanol–water partition coefficient (Wildman–Crippen LogP) is 16.8. The van der Waals surface area contributed by atoms with Gasteiger partial charge in [-0.2, -0.15) is 0 Å². The predicted molar refractivity (Wildman–Crippen MR) is 213 cm³/mol. The van der Waals surface area contributed by atoms with Crippen LogP contribution in [0.15, 0.2) is 0 Å². The van der Waals surface area contributed by atoms with E-state index in [1.807, 2.05) is 0 Å². The number of hydrogen-bond donors (Lipinski definition) is 0. The summed E-state index contributed by atoms with van der Waals surface area (Å²) < 4.78 is 0. The van der Waals surface area contributed by atoms with Crippen molar-refractivity contribution in [2.75, 3.05) is 0 Å². The van der Waals surface area contributed by atoms with Crippen LogP contribution in [-0.2, 0) is 0 Å². The first-order chi connectivity index (χ1) is 21.7. The first-order valence-corrected chi connectivity index (χ1v) is 30.3. The average Bonchev–Trinajstić information content (AvgIpc) is 3.03. The molecule has 0 spiro atoms. The van der Waals surface area contributed by atoms with Gasteiger partial charge in [0, 0.05) is 0 Å². The van der Waals surface area contributed by atoms with E-state index >= 15 is 0 Å². The Morgan fingerprint density at radius 1 is 0.182 bits per heavy atom. The third-order valence-electron chi connectivity index (χ3n) is 9.80. The van der Waals surface area contributed by atoms with Gasteiger partial charge in [-0.1, -0.05) is 0 Å². The third-order valence-corrected chi connectivity index (χ3v) is 23.2. The van der Waals surface area contributed by atoms with Gasteiger partial charge in [0.25, 0.3) is 0 Å². The zero-order valence-electron chi connectivity index (χ0n) is 32.5. The zero-order valence-corrected chi connectivity index (χ0v) is 36.7. The van der Waals surface area contributed by atoms with Crippen molar-refractivity contribution >= 4 is 28.7 Å². The Morgan fingerprint density at radius 3 is 0.455 bits per heavy atom. The molecule has 0 saturated heterocycles. The van der Waals surface area contributed by atoms with Crippen molar-refractivity contribution in [1.29, 1.82) is 0 Å². The molecular formula is C42H90Ge2. The Labute approximate surface area is 292 Å². The summed E-state index contributed by atoms with van der Waals surface area (Å²) in [5.74, 6) is 0. The normalized spacial score (nSPS) is 11.5. The Kier molecular flexibility index (Phi) is 47.3. The van der Waals surface area contributed by atoms with Crippen molar-refractivity contribution in [3.8, 4) is 0 Å². The Bertz CT molecular complexity index is 356. The van der Waals surface area contributed by atoms with Crippen LogP contribution in [0.5, 0.6) is 0 Å². The summed E-state index contributed by atoms with van der Waals surface area (Å²) in [6, 6.07) is 0. The van der Waals surface area contributed by atoms with E-state index in [0.29, 0.717) is 0 Å². The van der Waals surface area contributed by atoms with Gasteiger partial charge in [-0.15, -0.1) is 0 Å². The van der Waals surface area contributed by atoms with E-state index in [4.69, 9.17) is 0 Å². The molecule has 0 aliphatic heterocycles. The molecule has 0 N–H and O–H groups in total.